The van der Waals surface area contributed by atoms with Gasteiger partial charge in [-0.25, -0.2) is 0 Å². The number of aromatic hydroxyl groups is 1. The second-order valence-electron chi connectivity index (χ2n) is 5.51. The van der Waals surface area contributed by atoms with Crippen LogP contribution in [-0.2, 0) is 6.42 Å². The van der Waals surface area contributed by atoms with Crippen LogP contribution in [0.15, 0.2) is 24.3 Å². The third-order valence-electron chi connectivity index (χ3n) is 4.15. The predicted octanol–water partition coefficient (Wildman–Crippen LogP) is 3.10. The van der Waals surface area contributed by atoms with Crippen molar-refractivity contribution in [2.75, 3.05) is 6.54 Å². The zero-order valence-electron chi connectivity index (χ0n) is 10.9. The molecule has 1 saturated heterocycles. The van der Waals surface area contributed by atoms with Crippen molar-refractivity contribution in [1.82, 2.24) is 5.32 Å². The third kappa shape index (κ3) is 2.81. The summed E-state index contributed by atoms with van der Waals surface area (Å²) in [6, 6.07) is 7.63. The fraction of sp³-hybridized carbons (Fsp3) is 0.600. The number of hydrogen-bond donors (Lipinski definition) is 2. The van der Waals surface area contributed by atoms with Crippen LogP contribution >= 0.6 is 0 Å². The monoisotopic (exact) mass is 233 g/mol. The molecule has 0 spiro atoms. The Hall–Kier alpha value is -1.02. The van der Waals surface area contributed by atoms with E-state index in [1.807, 2.05) is 12.1 Å². The van der Waals surface area contributed by atoms with Crippen molar-refractivity contribution < 1.29 is 5.11 Å². The summed E-state index contributed by atoms with van der Waals surface area (Å²) in [5.41, 5.74) is 1.55. The van der Waals surface area contributed by atoms with E-state index in [0.717, 1.165) is 19.4 Å². The Kier molecular flexibility index (Phi) is 3.72. The van der Waals surface area contributed by atoms with Crippen molar-refractivity contribution >= 4 is 0 Å². The number of aryl methyl sites for hydroxylation is 1. The van der Waals surface area contributed by atoms with Crippen LogP contribution in [0.2, 0.25) is 0 Å². The molecule has 1 aromatic carbocycles. The molecule has 1 unspecified atom stereocenters. The minimum Gasteiger partial charge on any atom is -0.508 e. The van der Waals surface area contributed by atoms with Gasteiger partial charge < -0.3 is 10.4 Å². The Morgan fingerprint density at radius 3 is 2.82 bits per heavy atom. The van der Waals surface area contributed by atoms with Crippen molar-refractivity contribution in [3.05, 3.63) is 29.8 Å². The smallest absolute Gasteiger partial charge is 0.115 e. The molecule has 0 bridgehead atoms. The molecule has 1 atom stereocenters. The zero-order chi connectivity index (χ0) is 12.3. The van der Waals surface area contributed by atoms with Gasteiger partial charge in [0.1, 0.15) is 5.75 Å². The van der Waals surface area contributed by atoms with E-state index in [9.17, 15) is 5.11 Å². The maximum atomic E-state index is 9.46. The van der Waals surface area contributed by atoms with Gasteiger partial charge >= 0.3 is 0 Å². The summed E-state index contributed by atoms with van der Waals surface area (Å²) < 4.78 is 0. The lowest BCUT2D eigenvalue weighted by Crippen LogP contribution is -2.45. The molecule has 2 heteroatoms. The highest BCUT2D eigenvalue weighted by Crippen LogP contribution is 2.32. The predicted molar refractivity (Wildman–Crippen MR) is 71.2 cm³/mol. The summed E-state index contributed by atoms with van der Waals surface area (Å²) in [5.74, 6) is 1.04. The summed E-state index contributed by atoms with van der Waals surface area (Å²) in [6.45, 7) is 5.76. The minimum absolute atomic E-state index is 0.311. The van der Waals surface area contributed by atoms with Crippen molar-refractivity contribution in [2.45, 2.75) is 45.1 Å². The topological polar surface area (TPSA) is 32.3 Å². The standard InChI is InChI=1S/C15H23NO/c1-12(2)15(8-4-10-16-15)9-7-13-5-3-6-14(17)11-13/h3,5-6,11-12,16-17H,4,7-10H2,1-2H3. The number of phenolic OH excluding ortho intramolecular Hbond substituents is 1. The largest absolute Gasteiger partial charge is 0.508 e. The van der Waals surface area contributed by atoms with Crippen LogP contribution in [0.5, 0.6) is 5.75 Å². The minimum atomic E-state index is 0.311. The molecule has 2 rings (SSSR count). The van der Waals surface area contributed by atoms with Crippen LogP contribution in [-0.4, -0.2) is 17.2 Å². The van der Waals surface area contributed by atoms with Crippen LogP contribution in [0, 0.1) is 5.92 Å². The quantitative estimate of drug-likeness (QED) is 0.837. The molecule has 0 saturated carbocycles. The van der Waals surface area contributed by atoms with Crippen molar-refractivity contribution in [2.24, 2.45) is 5.92 Å². The number of hydrogen-bond acceptors (Lipinski definition) is 2. The summed E-state index contributed by atoms with van der Waals surface area (Å²) in [4.78, 5) is 0. The molecule has 2 N–H and O–H groups in total. The molecule has 1 heterocycles. The normalized spacial score (nSPS) is 24.4. The second-order valence-corrected chi connectivity index (χ2v) is 5.51. The first-order valence-corrected chi connectivity index (χ1v) is 6.65. The molecule has 1 aromatic rings. The summed E-state index contributed by atoms with van der Waals surface area (Å²) in [7, 11) is 0. The third-order valence-corrected chi connectivity index (χ3v) is 4.15. The average Bonchev–Trinajstić information content (AvgIpc) is 2.76. The van der Waals surface area contributed by atoms with Gasteiger partial charge in [0.2, 0.25) is 0 Å². The van der Waals surface area contributed by atoms with Crippen LogP contribution in [0.25, 0.3) is 0 Å². The summed E-state index contributed by atoms with van der Waals surface area (Å²) in [5, 5.41) is 13.2. The molecule has 0 aliphatic carbocycles. The molecule has 1 fully saturated rings. The van der Waals surface area contributed by atoms with Crippen molar-refractivity contribution in [3.8, 4) is 5.75 Å². The maximum Gasteiger partial charge on any atom is 0.115 e. The van der Waals surface area contributed by atoms with E-state index in [-0.39, 0.29) is 0 Å². The SMILES string of the molecule is CC(C)C1(CCc2cccc(O)c2)CCCN1. The fourth-order valence-electron chi connectivity index (χ4n) is 2.90. The van der Waals surface area contributed by atoms with Crippen LogP contribution in [0.1, 0.15) is 38.7 Å². The molecular weight excluding hydrogens is 210 g/mol. The van der Waals surface area contributed by atoms with Gasteiger partial charge in [0.05, 0.1) is 0 Å². The Morgan fingerprint density at radius 2 is 2.24 bits per heavy atom. The summed E-state index contributed by atoms with van der Waals surface area (Å²) >= 11 is 0. The number of phenols is 1. The first kappa shape index (κ1) is 12.4. The van der Waals surface area contributed by atoms with E-state index >= 15 is 0 Å². The number of nitrogens with one attached hydrogen (secondary N) is 1. The lowest BCUT2D eigenvalue weighted by atomic mass is 9.80. The van der Waals surface area contributed by atoms with Crippen LogP contribution in [0.3, 0.4) is 0 Å². The van der Waals surface area contributed by atoms with Crippen LogP contribution in [0.4, 0.5) is 0 Å². The molecule has 2 nitrogen and oxygen atoms in total. The number of benzene rings is 1. The Balaban J connectivity index is 2.01. The Labute approximate surface area is 104 Å². The Bertz CT molecular complexity index is 367. The average molecular weight is 233 g/mol. The summed E-state index contributed by atoms with van der Waals surface area (Å²) in [6.07, 6.45) is 4.77. The lowest BCUT2D eigenvalue weighted by Gasteiger charge is -2.34. The van der Waals surface area contributed by atoms with E-state index in [2.05, 4.69) is 25.2 Å². The highest BCUT2D eigenvalue weighted by atomic mass is 16.3. The van der Waals surface area contributed by atoms with Gasteiger partial charge in [-0.05, 0) is 55.8 Å². The van der Waals surface area contributed by atoms with Gasteiger partial charge in [0.25, 0.3) is 0 Å². The van der Waals surface area contributed by atoms with Gasteiger partial charge in [0, 0.05) is 5.54 Å². The molecule has 0 amide bonds. The highest BCUT2D eigenvalue weighted by molar-refractivity contribution is 5.27. The fourth-order valence-corrected chi connectivity index (χ4v) is 2.90. The molecule has 0 aromatic heterocycles. The molecule has 1 aliphatic heterocycles. The molecule has 94 valence electrons. The second kappa shape index (κ2) is 5.09. The van der Waals surface area contributed by atoms with E-state index in [0.29, 0.717) is 17.2 Å². The van der Waals surface area contributed by atoms with E-state index in [4.69, 9.17) is 0 Å². The van der Waals surface area contributed by atoms with E-state index in [1.54, 1.807) is 6.07 Å². The molecule has 1 aliphatic rings. The molecule has 0 radical (unpaired) electrons. The first-order chi connectivity index (χ1) is 8.12. The van der Waals surface area contributed by atoms with Gasteiger partial charge in [-0.1, -0.05) is 26.0 Å². The lowest BCUT2D eigenvalue weighted by molar-refractivity contribution is 0.252. The van der Waals surface area contributed by atoms with E-state index < -0.39 is 0 Å². The van der Waals surface area contributed by atoms with Crippen molar-refractivity contribution in [3.63, 3.8) is 0 Å². The van der Waals surface area contributed by atoms with Crippen LogP contribution < -0.4 is 5.32 Å². The van der Waals surface area contributed by atoms with Crippen molar-refractivity contribution in [1.29, 1.82) is 0 Å². The van der Waals surface area contributed by atoms with Gasteiger partial charge in [-0.15, -0.1) is 0 Å². The molecule has 17 heavy (non-hydrogen) atoms. The Morgan fingerprint density at radius 1 is 1.41 bits per heavy atom. The van der Waals surface area contributed by atoms with E-state index in [1.165, 1.54) is 18.4 Å². The van der Waals surface area contributed by atoms with Gasteiger partial charge in [-0.3, -0.25) is 0 Å². The molecular formula is C15H23NO. The van der Waals surface area contributed by atoms with Gasteiger partial charge in [-0.2, -0.15) is 0 Å². The number of rotatable bonds is 4. The van der Waals surface area contributed by atoms with Gasteiger partial charge in [0.15, 0.2) is 0 Å². The zero-order valence-corrected chi connectivity index (χ0v) is 10.9. The maximum absolute atomic E-state index is 9.46. The highest BCUT2D eigenvalue weighted by Gasteiger charge is 2.35. The first-order valence-electron chi connectivity index (χ1n) is 6.65.